The fourth-order valence-corrected chi connectivity index (χ4v) is 4.59. The van der Waals surface area contributed by atoms with Gasteiger partial charge in [-0.2, -0.15) is 5.26 Å². The summed E-state index contributed by atoms with van der Waals surface area (Å²) < 4.78 is 3.51. The summed E-state index contributed by atoms with van der Waals surface area (Å²) in [5.41, 5.74) is 7.69. The molecular weight excluding hydrogens is 476 g/mol. The van der Waals surface area contributed by atoms with Crippen LogP contribution in [0.15, 0.2) is 53.2 Å². The summed E-state index contributed by atoms with van der Waals surface area (Å²) in [6, 6.07) is 10.1. The summed E-state index contributed by atoms with van der Waals surface area (Å²) in [4.78, 5) is 29.6. The van der Waals surface area contributed by atoms with Gasteiger partial charge in [0.1, 0.15) is 34.3 Å². The monoisotopic (exact) mass is 514 g/mol. The number of piperidine rings is 1. The topological polar surface area (TPSA) is 119 Å². The molecule has 1 fully saturated rings. The van der Waals surface area contributed by atoms with Crippen LogP contribution >= 0.6 is 0 Å². The van der Waals surface area contributed by atoms with Crippen molar-refractivity contribution in [3.05, 3.63) is 70.2 Å². The average Bonchev–Trinajstić information content (AvgIpc) is 3.30. The molecule has 0 unspecified atom stereocenters. The number of allylic oxidation sites excluding steroid dienone is 2. The molecule has 4 aromatic rings. The number of anilines is 1. The molecular formula is C29H38N8O. The second kappa shape index (κ2) is 13.5. The van der Waals surface area contributed by atoms with Crippen LogP contribution in [0, 0.1) is 11.3 Å². The Bertz CT molecular complexity index is 1500. The van der Waals surface area contributed by atoms with Crippen molar-refractivity contribution in [3.8, 4) is 6.07 Å². The lowest BCUT2D eigenvalue weighted by molar-refractivity contribution is 0.565. The van der Waals surface area contributed by atoms with Crippen molar-refractivity contribution in [1.29, 1.82) is 5.26 Å². The first kappa shape index (κ1) is 28.5. The number of aromatic nitrogens is 5. The van der Waals surface area contributed by atoms with E-state index in [0.717, 1.165) is 48.2 Å². The van der Waals surface area contributed by atoms with Crippen LogP contribution in [0.2, 0.25) is 0 Å². The highest BCUT2D eigenvalue weighted by molar-refractivity contribution is 5.89. The van der Waals surface area contributed by atoms with Crippen molar-refractivity contribution in [2.24, 2.45) is 5.73 Å². The largest absolute Gasteiger partial charge is 0.357 e. The minimum atomic E-state index is -0.191. The number of hydrogen-bond donors (Lipinski definition) is 1. The molecule has 0 atom stereocenters. The predicted octanol–water partition coefficient (Wildman–Crippen LogP) is 4.62. The van der Waals surface area contributed by atoms with Gasteiger partial charge in [0.15, 0.2) is 0 Å². The summed E-state index contributed by atoms with van der Waals surface area (Å²) in [7, 11) is 1.50. The van der Waals surface area contributed by atoms with E-state index in [2.05, 4.69) is 37.7 Å². The molecule has 9 nitrogen and oxygen atoms in total. The minimum Gasteiger partial charge on any atom is -0.357 e. The summed E-state index contributed by atoms with van der Waals surface area (Å²) >= 11 is 0. The zero-order valence-corrected chi connectivity index (χ0v) is 23.1. The van der Waals surface area contributed by atoms with Crippen molar-refractivity contribution >= 4 is 27.8 Å². The maximum Gasteiger partial charge on any atom is 0.278 e. The number of para-hydroxylation sites is 1. The SMILES string of the molecule is CC.CC(C)=CCn1c(N2CCCCC2)c(C#N)c2ncn(Cc3ncc4ccccc4n3)c(=O)c21.CN. The van der Waals surface area contributed by atoms with E-state index in [4.69, 9.17) is 0 Å². The zero-order valence-electron chi connectivity index (χ0n) is 23.1. The highest BCUT2D eigenvalue weighted by Crippen LogP contribution is 2.32. The fraction of sp³-hybridized carbons (Fsp3) is 0.414. The number of nitrogens with zero attached hydrogens (tertiary/aromatic N) is 7. The first-order valence-electron chi connectivity index (χ1n) is 13.2. The summed E-state index contributed by atoms with van der Waals surface area (Å²) in [6.45, 7) is 10.5. The third kappa shape index (κ3) is 5.92. The maximum atomic E-state index is 13.7. The summed E-state index contributed by atoms with van der Waals surface area (Å²) in [6.07, 6.45) is 8.70. The Morgan fingerprint density at radius 3 is 2.50 bits per heavy atom. The van der Waals surface area contributed by atoms with Gasteiger partial charge in [-0.25, -0.2) is 15.0 Å². The van der Waals surface area contributed by atoms with Crippen molar-refractivity contribution < 1.29 is 0 Å². The standard InChI is InChI=1S/C26H27N7O.C2H6.CH5N/c1-18(2)10-13-33-24-23(20(14-27)25(33)31-11-6-3-7-12-31)29-17-32(26(24)34)16-22-28-15-19-8-4-5-9-21(19)30-22;2*1-2/h4-5,8-10,15,17H,3,6-7,11-13,16H2,1-2H3;1-2H3;2H2,1H3. The molecule has 4 heterocycles. The average molecular weight is 515 g/mol. The summed E-state index contributed by atoms with van der Waals surface area (Å²) in [5.74, 6) is 1.35. The van der Waals surface area contributed by atoms with Crippen LogP contribution in [-0.2, 0) is 13.1 Å². The number of nitrogens with two attached hydrogens (primary N) is 1. The van der Waals surface area contributed by atoms with Gasteiger partial charge >= 0.3 is 0 Å². The molecule has 0 bridgehead atoms. The first-order valence-corrected chi connectivity index (χ1v) is 13.2. The number of fused-ring (bicyclic) bond motifs is 2. The van der Waals surface area contributed by atoms with Gasteiger partial charge in [-0.15, -0.1) is 0 Å². The Balaban J connectivity index is 0.000000956. The minimum absolute atomic E-state index is 0.191. The molecule has 1 aliphatic heterocycles. The van der Waals surface area contributed by atoms with Gasteiger partial charge in [-0.1, -0.05) is 43.7 Å². The van der Waals surface area contributed by atoms with E-state index in [1.54, 1.807) is 6.20 Å². The molecule has 0 radical (unpaired) electrons. The molecule has 2 N–H and O–H groups in total. The highest BCUT2D eigenvalue weighted by atomic mass is 16.1. The third-order valence-electron chi connectivity index (χ3n) is 6.30. The van der Waals surface area contributed by atoms with Gasteiger partial charge in [0, 0.05) is 31.2 Å². The van der Waals surface area contributed by atoms with Crippen LogP contribution < -0.4 is 16.2 Å². The predicted molar refractivity (Wildman–Crippen MR) is 154 cm³/mol. The van der Waals surface area contributed by atoms with Gasteiger partial charge in [-0.3, -0.25) is 9.36 Å². The molecule has 1 aromatic carbocycles. The molecule has 9 heteroatoms. The molecule has 38 heavy (non-hydrogen) atoms. The first-order chi connectivity index (χ1) is 18.6. The van der Waals surface area contributed by atoms with E-state index in [-0.39, 0.29) is 12.1 Å². The fourth-order valence-electron chi connectivity index (χ4n) is 4.59. The molecule has 200 valence electrons. The maximum absolute atomic E-state index is 13.7. The summed E-state index contributed by atoms with van der Waals surface area (Å²) in [5, 5.41) is 11.0. The van der Waals surface area contributed by atoms with E-state index in [0.29, 0.717) is 29.0 Å². The van der Waals surface area contributed by atoms with Gasteiger partial charge < -0.3 is 15.2 Å². The Morgan fingerprint density at radius 2 is 1.82 bits per heavy atom. The van der Waals surface area contributed by atoms with Crippen LogP contribution in [-0.4, -0.2) is 44.2 Å². The lowest BCUT2D eigenvalue weighted by atomic mass is 10.1. The number of hydrogen-bond acceptors (Lipinski definition) is 7. The van der Waals surface area contributed by atoms with Crippen LogP contribution in [0.5, 0.6) is 0 Å². The lowest BCUT2D eigenvalue weighted by Gasteiger charge is -2.29. The Morgan fingerprint density at radius 1 is 1.11 bits per heavy atom. The zero-order chi connectivity index (χ0) is 27.7. The normalized spacial score (nSPS) is 12.7. The second-order valence-corrected chi connectivity index (χ2v) is 8.97. The molecule has 0 aliphatic carbocycles. The quantitative estimate of drug-likeness (QED) is 0.386. The van der Waals surface area contributed by atoms with Crippen molar-refractivity contribution in [3.63, 3.8) is 0 Å². The van der Waals surface area contributed by atoms with Gasteiger partial charge in [0.05, 0.1) is 18.4 Å². The van der Waals surface area contributed by atoms with E-state index in [1.165, 1.54) is 24.4 Å². The molecule has 0 spiro atoms. The highest BCUT2D eigenvalue weighted by Gasteiger charge is 2.26. The molecule has 0 amide bonds. The van der Waals surface area contributed by atoms with Crippen LogP contribution in [0.3, 0.4) is 0 Å². The molecule has 1 saturated heterocycles. The van der Waals surface area contributed by atoms with Crippen molar-refractivity contribution in [2.45, 2.75) is 60.0 Å². The van der Waals surface area contributed by atoms with E-state index in [9.17, 15) is 10.1 Å². The number of benzene rings is 1. The number of rotatable bonds is 5. The van der Waals surface area contributed by atoms with Crippen molar-refractivity contribution in [1.82, 2.24) is 24.1 Å². The smallest absolute Gasteiger partial charge is 0.278 e. The van der Waals surface area contributed by atoms with E-state index >= 15 is 0 Å². The molecule has 0 saturated carbocycles. The second-order valence-electron chi connectivity index (χ2n) is 8.97. The Kier molecular flexibility index (Phi) is 10.1. The van der Waals surface area contributed by atoms with Gasteiger partial charge in [0.2, 0.25) is 0 Å². The molecule has 3 aromatic heterocycles. The molecule has 5 rings (SSSR count). The van der Waals surface area contributed by atoms with Crippen molar-refractivity contribution in [2.75, 3.05) is 25.0 Å². The van der Waals surface area contributed by atoms with Gasteiger partial charge in [0.25, 0.3) is 5.56 Å². The van der Waals surface area contributed by atoms with E-state index in [1.807, 2.05) is 56.5 Å². The van der Waals surface area contributed by atoms with Crippen LogP contribution in [0.1, 0.15) is 58.3 Å². The van der Waals surface area contributed by atoms with E-state index < -0.39 is 0 Å². The van der Waals surface area contributed by atoms with Crippen LogP contribution in [0.4, 0.5) is 5.82 Å². The number of nitriles is 1. The Labute approximate surface area is 224 Å². The Hall–Kier alpha value is -4.03. The lowest BCUT2D eigenvalue weighted by Crippen LogP contribution is -2.32. The van der Waals surface area contributed by atoms with Gasteiger partial charge in [-0.05, 0) is 46.2 Å². The molecule has 1 aliphatic rings. The van der Waals surface area contributed by atoms with Crippen LogP contribution in [0.25, 0.3) is 21.9 Å². The third-order valence-corrected chi connectivity index (χ3v) is 6.30.